The first-order valence-electron chi connectivity index (χ1n) is 10.3. The van der Waals surface area contributed by atoms with Crippen molar-refractivity contribution >= 4 is 15.9 Å². The Kier molecular flexibility index (Phi) is 6.19. The predicted octanol–water partition coefficient (Wildman–Crippen LogP) is 1.62. The molecule has 0 spiro atoms. The second-order valence-electron chi connectivity index (χ2n) is 7.87. The van der Waals surface area contributed by atoms with Gasteiger partial charge in [0.15, 0.2) is 0 Å². The number of carbonyl (C=O) groups excluding carboxylic acids is 1. The molecular formula is C22H27N3O4S. The summed E-state index contributed by atoms with van der Waals surface area (Å²) in [7, 11) is -3.84. The minimum Gasteiger partial charge on any atom is -0.394 e. The maximum absolute atomic E-state index is 12.9. The molecule has 2 aromatic rings. The molecule has 2 fully saturated rings. The number of nitrogens with one attached hydrogen (secondary N) is 1. The van der Waals surface area contributed by atoms with Gasteiger partial charge in [-0.05, 0) is 49.2 Å². The van der Waals surface area contributed by atoms with Gasteiger partial charge in [-0.3, -0.25) is 9.69 Å². The summed E-state index contributed by atoms with van der Waals surface area (Å²) < 4.78 is 28.1. The monoisotopic (exact) mass is 429 g/mol. The molecule has 0 saturated carbocycles. The Bertz CT molecular complexity index is 979. The average Bonchev–Trinajstić information content (AvgIpc) is 3.25. The normalized spacial score (nSPS) is 20.7. The number of hydrogen-bond donors (Lipinski definition) is 2. The van der Waals surface area contributed by atoms with E-state index in [9.17, 15) is 18.3 Å². The summed E-state index contributed by atoms with van der Waals surface area (Å²) in [5.41, 5.74) is 1.17. The van der Waals surface area contributed by atoms with Crippen molar-refractivity contribution < 1.29 is 18.3 Å². The molecule has 160 valence electrons. The van der Waals surface area contributed by atoms with Crippen LogP contribution in [0.25, 0.3) is 0 Å². The number of piperazine rings is 1. The summed E-state index contributed by atoms with van der Waals surface area (Å²) in [4.78, 5) is 17.2. The van der Waals surface area contributed by atoms with Gasteiger partial charge in [0.1, 0.15) is 0 Å². The maximum atomic E-state index is 12.9. The van der Waals surface area contributed by atoms with E-state index in [0.29, 0.717) is 23.7 Å². The molecular weight excluding hydrogens is 402 g/mol. The van der Waals surface area contributed by atoms with E-state index >= 15 is 0 Å². The van der Waals surface area contributed by atoms with Crippen molar-refractivity contribution in [1.82, 2.24) is 14.5 Å². The van der Waals surface area contributed by atoms with Gasteiger partial charge in [-0.1, -0.05) is 30.3 Å². The number of rotatable bonds is 6. The highest BCUT2D eigenvalue weighted by atomic mass is 32.2. The third-order valence-electron chi connectivity index (χ3n) is 5.97. The Labute approximate surface area is 177 Å². The predicted molar refractivity (Wildman–Crippen MR) is 114 cm³/mol. The van der Waals surface area contributed by atoms with E-state index in [1.165, 1.54) is 18.6 Å². The SMILES string of the molecule is O=C(c1ccc(S(=O)(=O)N[C@H](CO)c2ccccc2)cc1)N1CCN2CCC[C@@H]2C1. The van der Waals surface area contributed by atoms with Crippen molar-refractivity contribution in [2.24, 2.45) is 0 Å². The second kappa shape index (κ2) is 8.85. The fraction of sp³-hybridized carbons (Fsp3) is 0.409. The first-order valence-corrected chi connectivity index (χ1v) is 11.8. The van der Waals surface area contributed by atoms with E-state index in [0.717, 1.165) is 26.1 Å². The Morgan fingerprint density at radius 2 is 1.80 bits per heavy atom. The topological polar surface area (TPSA) is 89.9 Å². The summed E-state index contributed by atoms with van der Waals surface area (Å²) in [6.07, 6.45) is 2.31. The summed E-state index contributed by atoms with van der Waals surface area (Å²) in [6, 6.07) is 14.7. The average molecular weight is 430 g/mol. The number of nitrogens with zero attached hydrogens (tertiary/aromatic N) is 2. The van der Waals surface area contributed by atoms with Crippen LogP contribution in [0.3, 0.4) is 0 Å². The van der Waals surface area contributed by atoms with Crippen LogP contribution in [0.1, 0.15) is 34.8 Å². The van der Waals surface area contributed by atoms with Crippen molar-refractivity contribution in [3.8, 4) is 0 Å². The second-order valence-corrected chi connectivity index (χ2v) is 9.59. The van der Waals surface area contributed by atoms with Crippen LogP contribution >= 0.6 is 0 Å². The van der Waals surface area contributed by atoms with Crippen LogP contribution in [0.2, 0.25) is 0 Å². The lowest BCUT2D eigenvalue weighted by Gasteiger charge is -2.37. The Morgan fingerprint density at radius 1 is 1.07 bits per heavy atom. The van der Waals surface area contributed by atoms with Crippen molar-refractivity contribution in [3.63, 3.8) is 0 Å². The summed E-state index contributed by atoms with van der Waals surface area (Å²) >= 11 is 0. The molecule has 4 rings (SSSR count). The van der Waals surface area contributed by atoms with Crippen LogP contribution in [0.4, 0.5) is 0 Å². The van der Waals surface area contributed by atoms with Crippen LogP contribution in [0.15, 0.2) is 59.5 Å². The van der Waals surface area contributed by atoms with Crippen molar-refractivity contribution in [1.29, 1.82) is 0 Å². The quantitative estimate of drug-likeness (QED) is 0.728. The zero-order chi connectivity index (χ0) is 21.1. The van der Waals surface area contributed by atoms with Gasteiger partial charge in [0.05, 0.1) is 17.5 Å². The largest absolute Gasteiger partial charge is 0.394 e. The number of carbonyl (C=O) groups is 1. The zero-order valence-corrected chi connectivity index (χ0v) is 17.6. The van der Waals surface area contributed by atoms with Gasteiger partial charge in [0.2, 0.25) is 10.0 Å². The van der Waals surface area contributed by atoms with Gasteiger partial charge in [-0.15, -0.1) is 0 Å². The number of aliphatic hydroxyl groups is 1. The van der Waals surface area contributed by atoms with Gasteiger partial charge in [0, 0.05) is 31.2 Å². The maximum Gasteiger partial charge on any atom is 0.253 e. The van der Waals surface area contributed by atoms with E-state index < -0.39 is 16.1 Å². The summed E-state index contributed by atoms with van der Waals surface area (Å²) in [5, 5.41) is 9.64. The van der Waals surface area contributed by atoms with Crippen LogP contribution in [-0.4, -0.2) is 68.1 Å². The van der Waals surface area contributed by atoms with E-state index in [1.807, 2.05) is 11.0 Å². The Balaban J connectivity index is 1.45. The smallest absolute Gasteiger partial charge is 0.253 e. The third-order valence-corrected chi connectivity index (χ3v) is 7.46. The molecule has 8 heteroatoms. The molecule has 2 N–H and O–H groups in total. The highest BCUT2D eigenvalue weighted by Crippen LogP contribution is 2.23. The molecule has 2 aliphatic heterocycles. The van der Waals surface area contributed by atoms with Gasteiger partial charge in [-0.25, -0.2) is 13.1 Å². The number of hydrogen-bond acceptors (Lipinski definition) is 5. The number of amides is 1. The van der Waals surface area contributed by atoms with E-state index in [-0.39, 0.29) is 17.4 Å². The fourth-order valence-corrected chi connectivity index (χ4v) is 5.50. The molecule has 0 aliphatic carbocycles. The van der Waals surface area contributed by atoms with Crippen molar-refractivity contribution in [2.45, 2.75) is 29.8 Å². The zero-order valence-electron chi connectivity index (χ0n) is 16.8. The highest BCUT2D eigenvalue weighted by Gasteiger charge is 2.32. The third kappa shape index (κ3) is 4.41. The molecule has 2 aromatic carbocycles. The Morgan fingerprint density at radius 3 is 2.50 bits per heavy atom. The molecule has 2 heterocycles. The van der Waals surface area contributed by atoms with E-state index in [1.54, 1.807) is 36.4 Å². The van der Waals surface area contributed by atoms with Gasteiger partial charge >= 0.3 is 0 Å². The molecule has 0 radical (unpaired) electrons. The minimum atomic E-state index is -3.84. The van der Waals surface area contributed by atoms with E-state index in [2.05, 4.69) is 9.62 Å². The number of fused-ring (bicyclic) bond motifs is 1. The van der Waals surface area contributed by atoms with Crippen LogP contribution < -0.4 is 4.72 Å². The first-order chi connectivity index (χ1) is 14.5. The minimum absolute atomic E-state index is 0.0593. The molecule has 0 aromatic heterocycles. The molecule has 7 nitrogen and oxygen atoms in total. The number of sulfonamides is 1. The first kappa shape index (κ1) is 21.0. The van der Waals surface area contributed by atoms with Crippen LogP contribution in [0, 0.1) is 0 Å². The van der Waals surface area contributed by atoms with Crippen LogP contribution in [-0.2, 0) is 10.0 Å². The molecule has 0 bridgehead atoms. The van der Waals surface area contributed by atoms with Gasteiger partial charge < -0.3 is 10.0 Å². The molecule has 30 heavy (non-hydrogen) atoms. The lowest BCUT2D eigenvalue weighted by Crippen LogP contribution is -2.52. The molecule has 2 atom stereocenters. The van der Waals surface area contributed by atoms with Crippen molar-refractivity contribution in [3.05, 3.63) is 65.7 Å². The lowest BCUT2D eigenvalue weighted by molar-refractivity contribution is 0.0571. The lowest BCUT2D eigenvalue weighted by atomic mass is 10.1. The summed E-state index contributed by atoms with van der Waals surface area (Å²) in [6.45, 7) is 3.09. The molecule has 0 unspecified atom stereocenters. The summed E-state index contributed by atoms with van der Waals surface area (Å²) in [5.74, 6) is -0.0593. The van der Waals surface area contributed by atoms with Gasteiger partial charge in [0.25, 0.3) is 5.91 Å². The Hall–Kier alpha value is -2.26. The standard InChI is InChI=1S/C22H27N3O4S/c26-16-21(17-5-2-1-3-6-17)23-30(28,29)20-10-8-18(9-11-20)22(27)25-14-13-24-12-4-7-19(24)15-25/h1-3,5-6,8-11,19,21,23,26H,4,7,12-16H2/t19-,21-/m1/s1. The highest BCUT2D eigenvalue weighted by molar-refractivity contribution is 7.89. The number of benzene rings is 2. The van der Waals surface area contributed by atoms with Crippen molar-refractivity contribution in [2.75, 3.05) is 32.8 Å². The molecule has 2 saturated heterocycles. The van der Waals surface area contributed by atoms with E-state index in [4.69, 9.17) is 0 Å². The molecule has 1 amide bonds. The fourth-order valence-electron chi connectivity index (χ4n) is 4.29. The molecule has 2 aliphatic rings. The number of aliphatic hydroxyl groups excluding tert-OH is 1. The van der Waals surface area contributed by atoms with Crippen LogP contribution in [0.5, 0.6) is 0 Å². The van der Waals surface area contributed by atoms with Gasteiger partial charge in [-0.2, -0.15) is 0 Å².